The lowest BCUT2D eigenvalue weighted by molar-refractivity contribution is 0.0397. The van der Waals surface area contributed by atoms with Crippen molar-refractivity contribution in [3.63, 3.8) is 0 Å². The first kappa shape index (κ1) is 19.8. The van der Waals surface area contributed by atoms with E-state index in [1.807, 2.05) is 0 Å². The normalized spacial score (nSPS) is 21.8. The number of likely N-dealkylation sites (tertiary alicyclic amines) is 1. The number of hydrogen-bond acceptors (Lipinski definition) is 8. The van der Waals surface area contributed by atoms with E-state index in [9.17, 15) is 13.2 Å². The molecule has 0 saturated carbocycles. The van der Waals surface area contributed by atoms with Gasteiger partial charge in [0.1, 0.15) is 10.4 Å². The number of amides is 1. The Kier molecular flexibility index (Phi) is 5.26. The molecule has 2 aliphatic heterocycles. The molecule has 11 heteroatoms. The number of hydrogen-bond donors (Lipinski definition) is 0. The first-order valence-corrected chi connectivity index (χ1v) is 11.0. The Balaban J connectivity index is 1.42. The van der Waals surface area contributed by atoms with Crippen molar-refractivity contribution in [2.45, 2.75) is 17.7 Å². The van der Waals surface area contributed by atoms with Crippen LogP contribution in [0.4, 0.5) is 0 Å². The van der Waals surface area contributed by atoms with Crippen molar-refractivity contribution in [3.8, 4) is 6.01 Å². The highest BCUT2D eigenvalue weighted by molar-refractivity contribution is 7.93. The summed E-state index contributed by atoms with van der Waals surface area (Å²) in [6.07, 6.45) is 5.35. The maximum Gasteiger partial charge on any atom is 0.316 e. The standard InChI is InChI=1S/C18H23N5O5S/c1-27-9-8-23-7-3-15(21-23)16(24)22-12-18(13-22)14(4-10-29(18,25)26)11-28-17-19-5-2-6-20-17/h2-3,5-7,14H,4,8-13H2,1H3/t14-/m0/s1. The van der Waals surface area contributed by atoms with Gasteiger partial charge in [0.2, 0.25) is 0 Å². The maximum absolute atomic E-state index is 12.8. The Morgan fingerprint density at radius 1 is 1.31 bits per heavy atom. The van der Waals surface area contributed by atoms with Crippen molar-refractivity contribution in [2.24, 2.45) is 5.92 Å². The smallest absolute Gasteiger partial charge is 0.316 e. The second kappa shape index (κ2) is 7.71. The Hall–Kier alpha value is -2.53. The second-order valence-corrected chi connectivity index (χ2v) is 9.78. The Morgan fingerprint density at radius 2 is 2.07 bits per heavy atom. The van der Waals surface area contributed by atoms with Crippen LogP contribution in [0, 0.1) is 5.92 Å². The van der Waals surface area contributed by atoms with Gasteiger partial charge in [0, 0.05) is 44.7 Å². The SMILES string of the molecule is COCCn1ccc(C(=O)N2CC3(C2)[C@H](COc2ncccn2)CCS3(=O)=O)n1. The third-order valence-corrected chi connectivity index (χ3v) is 8.25. The van der Waals surface area contributed by atoms with Gasteiger partial charge in [-0.05, 0) is 18.6 Å². The van der Waals surface area contributed by atoms with Crippen molar-refractivity contribution in [3.05, 3.63) is 36.4 Å². The van der Waals surface area contributed by atoms with Gasteiger partial charge in [-0.15, -0.1) is 0 Å². The van der Waals surface area contributed by atoms with Crippen LogP contribution in [0.15, 0.2) is 30.7 Å². The van der Waals surface area contributed by atoms with Crippen LogP contribution in [0.1, 0.15) is 16.9 Å². The van der Waals surface area contributed by atoms with Gasteiger partial charge in [0.25, 0.3) is 5.91 Å². The summed E-state index contributed by atoms with van der Waals surface area (Å²) >= 11 is 0. The van der Waals surface area contributed by atoms with E-state index in [1.54, 1.807) is 42.5 Å². The molecular formula is C18H23N5O5S. The summed E-state index contributed by atoms with van der Waals surface area (Å²) in [7, 11) is -1.72. The van der Waals surface area contributed by atoms with Gasteiger partial charge in [0.05, 0.1) is 25.5 Å². The molecule has 4 rings (SSSR count). The zero-order valence-electron chi connectivity index (χ0n) is 16.1. The predicted molar refractivity (Wildman–Crippen MR) is 102 cm³/mol. The van der Waals surface area contributed by atoms with Gasteiger partial charge in [-0.2, -0.15) is 5.10 Å². The minimum Gasteiger partial charge on any atom is -0.463 e. The van der Waals surface area contributed by atoms with E-state index >= 15 is 0 Å². The van der Waals surface area contributed by atoms with Crippen molar-refractivity contribution >= 4 is 15.7 Å². The number of carbonyl (C=O) groups is 1. The molecule has 0 N–H and O–H groups in total. The fourth-order valence-corrected chi connectivity index (χ4v) is 6.33. The van der Waals surface area contributed by atoms with Gasteiger partial charge in [-0.3, -0.25) is 9.48 Å². The molecule has 0 aliphatic carbocycles. The third kappa shape index (κ3) is 3.60. The molecule has 4 heterocycles. The number of aromatic nitrogens is 4. The molecule has 1 atom stereocenters. The van der Waals surface area contributed by atoms with Crippen LogP contribution < -0.4 is 4.74 Å². The molecule has 2 aliphatic rings. The molecule has 1 amide bonds. The molecule has 10 nitrogen and oxygen atoms in total. The van der Waals surface area contributed by atoms with E-state index in [1.165, 1.54) is 4.90 Å². The summed E-state index contributed by atoms with van der Waals surface area (Å²) < 4.78 is 36.8. The van der Waals surface area contributed by atoms with Crippen LogP contribution in [-0.2, 0) is 21.1 Å². The molecule has 2 saturated heterocycles. The largest absolute Gasteiger partial charge is 0.463 e. The van der Waals surface area contributed by atoms with E-state index in [4.69, 9.17) is 9.47 Å². The van der Waals surface area contributed by atoms with E-state index in [0.29, 0.717) is 25.3 Å². The number of ether oxygens (including phenoxy) is 2. The number of carbonyl (C=O) groups excluding carboxylic acids is 1. The first-order chi connectivity index (χ1) is 13.9. The van der Waals surface area contributed by atoms with Crippen molar-refractivity contribution < 1.29 is 22.7 Å². The molecule has 2 aromatic rings. The topological polar surface area (TPSA) is 117 Å². The number of methoxy groups -OCH3 is 1. The molecule has 0 unspecified atom stereocenters. The van der Waals surface area contributed by atoms with Gasteiger partial charge in [-0.1, -0.05) is 0 Å². The summed E-state index contributed by atoms with van der Waals surface area (Å²) in [6, 6.07) is 3.54. The van der Waals surface area contributed by atoms with Gasteiger partial charge in [-0.25, -0.2) is 18.4 Å². The summed E-state index contributed by atoms with van der Waals surface area (Å²) in [5, 5.41) is 4.25. The summed E-state index contributed by atoms with van der Waals surface area (Å²) in [5.41, 5.74) is 0.303. The highest BCUT2D eigenvalue weighted by atomic mass is 32.2. The quantitative estimate of drug-likeness (QED) is 0.615. The molecule has 0 bridgehead atoms. The molecule has 0 radical (unpaired) electrons. The van der Waals surface area contributed by atoms with Gasteiger partial charge >= 0.3 is 6.01 Å². The average Bonchev–Trinajstić information content (AvgIpc) is 3.26. The predicted octanol–water partition coefficient (Wildman–Crippen LogP) is 0.0278. The fourth-order valence-electron chi connectivity index (χ4n) is 3.93. The first-order valence-electron chi connectivity index (χ1n) is 9.39. The lowest BCUT2D eigenvalue weighted by Crippen LogP contribution is -2.69. The summed E-state index contributed by atoms with van der Waals surface area (Å²) in [4.78, 5) is 22.3. The van der Waals surface area contributed by atoms with Crippen LogP contribution in [0.3, 0.4) is 0 Å². The van der Waals surface area contributed by atoms with E-state index < -0.39 is 14.6 Å². The zero-order valence-corrected chi connectivity index (χ0v) is 16.9. The lowest BCUT2D eigenvalue weighted by atomic mass is 9.83. The molecule has 2 fully saturated rings. The van der Waals surface area contributed by atoms with Crippen LogP contribution in [0.2, 0.25) is 0 Å². The van der Waals surface area contributed by atoms with Crippen LogP contribution >= 0.6 is 0 Å². The van der Waals surface area contributed by atoms with E-state index in [2.05, 4.69) is 15.1 Å². The second-order valence-electron chi connectivity index (χ2n) is 7.33. The van der Waals surface area contributed by atoms with Gasteiger partial charge in [0.15, 0.2) is 9.84 Å². The highest BCUT2D eigenvalue weighted by Gasteiger charge is 2.62. The molecular weight excluding hydrogens is 398 g/mol. The Morgan fingerprint density at radius 3 is 2.79 bits per heavy atom. The van der Waals surface area contributed by atoms with Crippen molar-refractivity contribution in [2.75, 3.05) is 39.2 Å². The van der Waals surface area contributed by atoms with Crippen molar-refractivity contribution in [1.82, 2.24) is 24.6 Å². The Bertz CT molecular complexity index is 972. The molecule has 29 heavy (non-hydrogen) atoms. The molecule has 2 aromatic heterocycles. The van der Waals surface area contributed by atoms with Crippen LogP contribution in [0.5, 0.6) is 6.01 Å². The molecule has 156 valence electrons. The number of sulfone groups is 1. The lowest BCUT2D eigenvalue weighted by Gasteiger charge is -2.49. The minimum absolute atomic E-state index is 0.102. The molecule has 0 aromatic carbocycles. The van der Waals surface area contributed by atoms with Crippen LogP contribution in [0.25, 0.3) is 0 Å². The molecule has 1 spiro atoms. The minimum atomic E-state index is -3.32. The maximum atomic E-state index is 12.8. The number of rotatable bonds is 7. The van der Waals surface area contributed by atoms with Crippen molar-refractivity contribution in [1.29, 1.82) is 0 Å². The number of nitrogens with zero attached hydrogens (tertiary/aromatic N) is 5. The fraction of sp³-hybridized carbons (Fsp3) is 0.556. The summed E-state index contributed by atoms with van der Waals surface area (Å²) in [6.45, 7) is 1.55. The Labute approximate surface area is 168 Å². The van der Waals surface area contributed by atoms with Crippen LogP contribution in [-0.4, -0.2) is 82.9 Å². The van der Waals surface area contributed by atoms with Gasteiger partial charge < -0.3 is 14.4 Å². The average molecular weight is 421 g/mol. The third-order valence-electron chi connectivity index (χ3n) is 5.64. The summed E-state index contributed by atoms with van der Waals surface area (Å²) in [5.74, 6) is -0.371. The zero-order chi connectivity index (χ0) is 20.5. The highest BCUT2D eigenvalue weighted by Crippen LogP contribution is 2.45. The monoisotopic (exact) mass is 421 g/mol. The van der Waals surface area contributed by atoms with E-state index in [-0.39, 0.29) is 43.3 Å². The van der Waals surface area contributed by atoms with E-state index in [0.717, 1.165) is 0 Å².